The van der Waals surface area contributed by atoms with Gasteiger partial charge in [0.1, 0.15) is 12.4 Å². The summed E-state index contributed by atoms with van der Waals surface area (Å²) in [5.41, 5.74) is 1.28. The Morgan fingerprint density at radius 3 is 2.43 bits per heavy atom. The highest BCUT2D eigenvalue weighted by atomic mass is 32.2. The molecule has 28 heavy (non-hydrogen) atoms. The van der Waals surface area contributed by atoms with Crippen molar-refractivity contribution in [2.24, 2.45) is 0 Å². The molecule has 0 aliphatic rings. The highest BCUT2D eigenvalue weighted by Crippen LogP contribution is 2.38. The second-order valence-electron chi connectivity index (χ2n) is 5.75. The molecular weight excluding hydrogens is 378 g/mol. The predicted molar refractivity (Wildman–Crippen MR) is 106 cm³/mol. The number of hydrogen-bond donors (Lipinski definition) is 0. The zero-order valence-corrected chi connectivity index (χ0v) is 15.8. The first-order chi connectivity index (χ1) is 13.6. The number of nitro benzene ring substituents is 1. The van der Waals surface area contributed by atoms with Gasteiger partial charge in [0.15, 0.2) is 0 Å². The third kappa shape index (κ3) is 4.69. The first kappa shape index (κ1) is 19.4. The lowest BCUT2D eigenvalue weighted by molar-refractivity contribution is -0.387. The van der Waals surface area contributed by atoms with Crippen LogP contribution in [0, 0.1) is 10.1 Å². The van der Waals surface area contributed by atoms with E-state index in [1.807, 2.05) is 30.3 Å². The first-order valence-corrected chi connectivity index (χ1v) is 9.20. The zero-order valence-electron chi connectivity index (χ0n) is 15.0. The van der Waals surface area contributed by atoms with Crippen molar-refractivity contribution in [2.45, 2.75) is 16.4 Å². The molecule has 0 aliphatic heterocycles. The molecule has 0 saturated carbocycles. The van der Waals surface area contributed by atoms with Gasteiger partial charge in [0.05, 0.1) is 22.5 Å². The normalized spacial score (nSPS) is 10.3. The molecule has 0 heterocycles. The molecule has 0 radical (unpaired) electrons. The number of carbonyl (C=O) groups excluding carboxylic acids is 1. The Bertz CT molecular complexity index is 991. The van der Waals surface area contributed by atoms with Crippen molar-refractivity contribution in [3.05, 3.63) is 94.0 Å². The van der Waals surface area contributed by atoms with Gasteiger partial charge in [-0.25, -0.2) is 4.79 Å². The summed E-state index contributed by atoms with van der Waals surface area (Å²) in [6.45, 7) is 0.349. The molecule has 0 amide bonds. The molecule has 0 bridgehead atoms. The lowest BCUT2D eigenvalue weighted by atomic mass is 10.2. The summed E-state index contributed by atoms with van der Waals surface area (Å²) in [5, 5.41) is 11.4. The minimum absolute atomic E-state index is 0.0586. The van der Waals surface area contributed by atoms with Crippen LogP contribution in [-0.4, -0.2) is 18.0 Å². The third-order valence-electron chi connectivity index (χ3n) is 3.89. The quantitative estimate of drug-likeness (QED) is 0.314. The van der Waals surface area contributed by atoms with E-state index in [1.165, 1.54) is 13.2 Å². The van der Waals surface area contributed by atoms with Crippen molar-refractivity contribution in [3.63, 3.8) is 0 Å². The van der Waals surface area contributed by atoms with E-state index in [1.54, 1.807) is 36.4 Å². The molecule has 0 aliphatic carbocycles. The maximum Gasteiger partial charge on any atom is 0.339 e. The maximum atomic E-state index is 12.0. The van der Waals surface area contributed by atoms with Crippen LogP contribution in [-0.2, 0) is 11.3 Å². The fourth-order valence-electron chi connectivity index (χ4n) is 2.51. The van der Waals surface area contributed by atoms with Crippen molar-refractivity contribution < 1.29 is 19.2 Å². The van der Waals surface area contributed by atoms with Crippen LogP contribution in [0.3, 0.4) is 0 Å². The van der Waals surface area contributed by atoms with E-state index in [2.05, 4.69) is 0 Å². The summed E-state index contributed by atoms with van der Waals surface area (Å²) in [4.78, 5) is 23.9. The van der Waals surface area contributed by atoms with Gasteiger partial charge >= 0.3 is 5.97 Å². The molecule has 0 saturated heterocycles. The van der Waals surface area contributed by atoms with Crippen LogP contribution in [0.5, 0.6) is 5.75 Å². The van der Waals surface area contributed by atoms with Crippen LogP contribution < -0.4 is 4.74 Å². The van der Waals surface area contributed by atoms with Gasteiger partial charge in [0, 0.05) is 17.0 Å². The number of benzene rings is 3. The zero-order chi connectivity index (χ0) is 19.9. The van der Waals surface area contributed by atoms with Crippen molar-refractivity contribution in [3.8, 4) is 5.75 Å². The summed E-state index contributed by atoms with van der Waals surface area (Å²) in [7, 11) is 1.30. The summed E-state index contributed by atoms with van der Waals surface area (Å²) in [5.74, 6) is 0.00902. The number of methoxy groups -OCH3 is 1. The van der Waals surface area contributed by atoms with E-state index in [-0.39, 0.29) is 5.69 Å². The number of rotatable bonds is 7. The van der Waals surface area contributed by atoms with Crippen LogP contribution in [0.2, 0.25) is 0 Å². The minimum Gasteiger partial charge on any atom is -0.489 e. The van der Waals surface area contributed by atoms with Crippen LogP contribution in [0.4, 0.5) is 5.69 Å². The van der Waals surface area contributed by atoms with Crippen molar-refractivity contribution in [2.75, 3.05) is 7.11 Å². The molecule has 0 N–H and O–H groups in total. The third-order valence-corrected chi connectivity index (χ3v) is 5.01. The lowest BCUT2D eigenvalue weighted by Crippen LogP contribution is -2.03. The van der Waals surface area contributed by atoms with Crippen LogP contribution in [0.25, 0.3) is 0 Å². The van der Waals surface area contributed by atoms with Crippen molar-refractivity contribution in [1.82, 2.24) is 0 Å². The van der Waals surface area contributed by atoms with Gasteiger partial charge in [-0.05, 0) is 23.8 Å². The SMILES string of the molecule is COC(=O)c1ccccc1Sc1cc(OCc2ccccc2)ccc1[N+](=O)[O-]. The number of ether oxygens (including phenoxy) is 2. The highest BCUT2D eigenvalue weighted by molar-refractivity contribution is 7.99. The van der Waals surface area contributed by atoms with Gasteiger partial charge in [-0.15, -0.1) is 0 Å². The summed E-state index contributed by atoms with van der Waals surface area (Å²) in [6.07, 6.45) is 0. The number of carbonyl (C=O) groups is 1. The molecule has 0 fully saturated rings. The first-order valence-electron chi connectivity index (χ1n) is 8.39. The molecule has 142 valence electrons. The van der Waals surface area contributed by atoms with E-state index in [0.29, 0.717) is 27.7 Å². The largest absolute Gasteiger partial charge is 0.489 e. The minimum atomic E-state index is -0.498. The maximum absolute atomic E-state index is 12.0. The number of hydrogen-bond acceptors (Lipinski definition) is 6. The van der Waals surface area contributed by atoms with Crippen LogP contribution in [0.15, 0.2) is 82.6 Å². The number of nitrogens with zero attached hydrogens (tertiary/aromatic N) is 1. The van der Waals surface area contributed by atoms with E-state index >= 15 is 0 Å². The van der Waals surface area contributed by atoms with Crippen molar-refractivity contribution in [1.29, 1.82) is 0 Å². The topological polar surface area (TPSA) is 78.7 Å². The van der Waals surface area contributed by atoms with Gasteiger partial charge < -0.3 is 9.47 Å². The Hall–Kier alpha value is -3.32. The molecule has 3 aromatic carbocycles. The van der Waals surface area contributed by atoms with E-state index in [4.69, 9.17) is 9.47 Å². The average molecular weight is 395 g/mol. The second-order valence-corrected chi connectivity index (χ2v) is 6.83. The summed E-state index contributed by atoms with van der Waals surface area (Å²) >= 11 is 1.13. The predicted octanol–water partition coefficient (Wildman–Crippen LogP) is 5.11. The Morgan fingerprint density at radius 1 is 1.00 bits per heavy atom. The number of nitro groups is 1. The summed E-state index contributed by atoms with van der Waals surface area (Å²) < 4.78 is 10.6. The fraction of sp³-hybridized carbons (Fsp3) is 0.0952. The van der Waals surface area contributed by atoms with Gasteiger partial charge in [-0.3, -0.25) is 10.1 Å². The van der Waals surface area contributed by atoms with Crippen LogP contribution >= 0.6 is 11.8 Å². The second kappa shape index (κ2) is 9.05. The van der Waals surface area contributed by atoms with Gasteiger partial charge in [0.25, 0.3) is 5.69 Å². The van der Waals surface area contributed by atoms with Gasteiger partial charge in [0.2, 0.25) is 0 Å². The Kier molecular flexibility index (Phi) is 6.29. The standard InChI is InChI=1S/C21H17NO5S/c1-26-21(23)17-9-5-6-10-19(17)28-20-13-16(11-12-18(20)22(24)25)27-14-15-7-3-2-4-8-15/h2-13H,14H2,1H3. The van der Waals surface area contributed by atoms with Crippen molar-refractivity contribution >= 4 is 23.4 Å². The van der Waals surface area contributed by atoms with Gasteiger partial charge in [-0.1, -0.05) is 54.2 Å². The molecule has 0 unspecified atom stereocenters. The molecule has 0 spiro atoms. The monoisotopic (exact) mass is 395 g/mol. The smallest absolute Gasteiger partial charge is 0.339 e. The van der Waals surface area contributed by atoms with Gasteiger partial charge in [-0.2, -0.15) is 0 Å². The Morgan fingerprint density at radius 2 is 1.71 bits per heavy atom. The van der Waals surface area contributed by atoms with E-state index < -0.39 is 10.9 Å². The fourth-order valence-corrected chi connectivity index (χ4v) is 3.58. The molecular formula is C21H17NO5S. The van der Waals surface area contributed by atoms with E-state index in [0.717, 1.165) is 17.3 Å². The van der Waals surface area contributed by atoms with E-state index in [9.17, 15) is 14.9 Å². The summed E-state index contributed by atoms with van der Waals surface area (Å²) in [6, 6.07) is 21.0. The molecule has 0 aromatic heterocycles. The lowest BCUT2D eigenvalue weighted by Gasteiger charge is -2.10. The average Bonchev–Trinajstić information content (AvgIpc) is 2.73. The molecule has 3 rings (SSSR count). The Labute approximate surface area is 166 Å². The molecule has 7 heteroatoms. The highest BCUT2D eigenvalue weighted by Gasteiger charge is 2.19. The van der Waals surface area contributed by atoms with Crippen LogP contribution in [0.1, 0.15) is 15.9 Å². The molecule has 6 nitrogen and oxygen atoms in total. The Balaban J connectivity index is 1.89. The number of esters is 1. The molecule has 3 aromatic rings. The molecule has 0 atom stereocenters.